The first-order valence-corrected chi connectivity index (χ1v) is 8.26. The van der Waals surface area contributed by atoms with Crippen LogP contribution in [0.25, 0.3) is 0 Å². The molecule has 0 unspecified atom stereocenters. The first-order valence-electron chi connectivity index (χ1n) is 8.26. The van der Waals surface area contributed by atoms with Gasteiger partial charge < -0.3 is 9.47 Å². The summed E-state index contributed by atoms with van der Waals surface area (Å²) in [5, 5.41) is 0. The molecule has 0 aromatic heterocycles. The predicted molar refractivity (Wildman–Crippen MR) is 87.1 cm³/mol. The van der Waals surface area contributed by atoms with Crippen LogP contribution in [0, 0.1) is 5.82 Å². The van der Waals surface area contributed by atoms with E-state index >= 15 is 0 Å². The second-order valence-electron chi connectivity index (χ2n) is 5.87. The zero-order chi connectivity index (χ0) is 20.1. The summed E-state index contributed by atoms with van der Waals surface area (Å²) in [5.74, 6) is -2.22. The molecule has 2 nitrogen and oxygen atoms in total. The van der Waals surface area contributed by atoms with E-state index in [1.54, 1.807) is 12.1 Å². The van der Waals surface area contributed by atoms with Crippen molar-refractivity contribution in [3.8, 4) is 5.75 Å². The molecule has 0 aliphatic heterocycles. The molecule has 0 aliphatic carbocycles. The van der Waals surface area contributed by atoms with E-state index < -0.39 is 30.6 Å². The average molecular weight is 392 g/mol. The number of rotatable bonds is 8. The molecule has 0 bridgehead atoms. The molecule has 27 heavy (non-hydrogen) atoms. The van der Waals surface area contributed by atoms with E-state index in [1.807, 2.05) is 6.92 Å². The number of ether oxygens (including phenoxy) is 2. The Morgan fingerprint density at radius 3 is 2.04 bits per heavy atom. The van der Waals surface area contributed by atoms with Crippen molar-refractivity contribution in [1.82, 2.24) is 0 Å². The first-order chi connectivity index (χ1) is 12.6. The molecule has 2 aromatic rings. The van der Waals surface area contributed by atoms with Crippen LogP contribution in [0.1, 0.15) is 30.0 Å². The Balaban J connectivity index is 1.93. The van der Waals surface area contributed by atoms with Gasteiger partial charge in [-0.1, -0.05) is 43.7 Å². The fraction of sp³-hybridized carbons (Fsp3) is 0.368. The second kappa shape index (κ2) is 8.65. The molecule has 0 spiro atoms. The second-order valence-corrected chi connectivity index (χ2v) is 5.87. The standard InChI is InChI=1S/C19H18F6O2/c1-2-3-13-4-7-15(8-5-13)18(21,22)26-11-10-14-6-9-17(16(20)12-14)27-19(23,24)25/h4-9,12H,2-3,10-11H2,1H3. The van der Waals surface area contributed by atoms with E-state index in [4.69, 9.17) is 0 Å². The average Bonchev–Trinajstić information content (AvgIpc) is 2.57. The van der Waals surface area contributed by atoms with Crippen molar-refractivity contribution in [3.05, 3.63) is 65.0 Å². The van der Waals surface area contributed by atoms with Crippen LogP contribution < -0.4 is 4.74 Å². The maximum Gasteiger partial charge on any atom is 0.573 e. The molecule has 0 atom stereocenters. The fourth-order valence-corrected chi connectivity index (χ4v) is 2.44. The molecular weight excluding hydrogens is 374 g/mol. The number of benzene rings is 2. The van der Waals surface area contributed by atoms with Crippen molar-refractivity contribution in [2.75, 3.05) is 6.61 Å². The number of hydrogen-bond acceptors (Lipinski definition) is 2. The largest absolute Gasteiger partial charge is 0.573 e. The summed E-state index contributed by atoms with van der Waals surface area (Å²) >= 11 is 0. The van der Waals surface area contributed by atoms with Crippen molar-refractivity contribution >= 4 is 0 Å². The molecule has 2 aromatic carbocycles. The monoisotopic (exact) mass is 392 g/mol. The Labute approximate surface area is 152 Å². The SMILES string of the molecule is CCCc1ccc(C(F)(F)OCCc2ccc(OC(F)(F)F)c(F)c2)cc1. The Morgan fingerprint density at radius 2 is 1.48 bits per heavy atom. The van der Waals surface area contributed by atoms with E-state index in [-0.39, 0.29) is 17.5 Å². The summed E-state index contributed by atoms with van der Waals surface area (Å²) in [6, 6.07) is 8.52. The van der Waals surface area contributed by atoms with Crippen LogP contribution in [0.3, 0.4) is 0 Å². The summed E-state index contributed by atoms with van der Waals surface area (Å²) in [7, 11) is 0. The highest BCUT2D eigenvalue weighted by Crippen LogP contribution is 2.30. The van der Waals surface area contributed by atoms with Crippen molar-refractivity contribution < 1.29 is 35.8 Å². The lowest BCUT2D eigenvalue weighted by atomic mass is 10.1. The molecule has 0 aliphatic rings. The normalized spacial score (nSPS) is 12.3. The lowest BCUT2D eigenvalue weighted by Crippen LogP contribution is -2.20. The summed E-state index contributed by atoms with van der Waals surface area (Å²) in [6.07, 6.45) is -6.96. The first kappa shape index (κ1) is 21.1. The van der Waals surface area contributed by atoms with Gasteiger partial charge >= 0.3 is 12.5 Å². The lowest BCUT2D eigenvalue weighted by molar-refractivity contribution is -0.275. The maximum atomic E-state index is 14.1. The highest BCUT2D eigenvalue weighted by molar-refractivity contribution is 5.29. The Kier molecular flexibility index (Phi) is 6.75. The molecule has 0 saturated heterocycles. The van der Waals surface area contributed by atoms with Gasteiger partial charge in [-0.15, -0.1) is 13.2 Å². The van der Waals surface area contributed by atoms with Gasteiger partial charge in [-0.2, -0.15) is 8.78 Å². The minimum absolute atomic E-state index is 0.104. The Morgan fingerprint density at radius 1 is 0.852 bits per heavy atom. The lowest BCUT2D eigenvalue weighted by Gasteiger charge is -2.18. The van der Waals surface area contributed by atoms with Gasteiger partial charge in [0.25, 0.3) is 0 Å². The summed E-state index contributed by atoms with van der Waals surface area (Å²) < 4.78 is 86.1. The molecular formula is C19H18F6O2. The van der Waals surface area contributed by atoms with Gasteiger partial charge in [0.15, 0.2) is 11.6 Å². The van der Waals surface area contributed by atoms with Gasteiger partial charge in [-0.05, 0) is 36.1 Å². The number of aryl methyl sites for hydroxylation is 1. The summed E-state index contributed by atoms with van der Waals surface area (Å²) in [6.45, 7) is 1.54. The van der Waals surface area contributed by atoms with Crippen molar-refractivity contribution in [2.24, 2.45) is 0 Å². The summed E-state index contributed by atoms with van der Waals surface area (Å²) in [5.41, 5.74) is 0.840. The highest BCUT2D eigenvalue weighted by atomic mass is 19.4. The number of halogens is 6. The predicted octanol–water partition coefficient (Wildman–Crippen LogP) is 5.99. The van der Waals surface area contributed by atoms with Gasteiger partial charge in [0.05, 0.1) is 12.2 Å². The zero-order valence-electron chi connectivity index (χ0n) is 14.5. The van der Waals surface area contributed by atoms with Gasteiger partial charge in [0.1, 0.15) is 0 Å². The van der Waals surface area contributed by atoms with Crippen LogP contribution in [-0.4, -0.2) is 13.0 Å². The fourth-order valence-electron chi connectivity index (χ4n) is 2.44. The molecule has 0 saturated carbocycles. The smallest absolute Gasteiger partial charge is 0.403 e. The third kappa shape index (κ3) is 6.46. The van der Waals surface area contributed by atoms with Crippen LogP contribution >= 0.6 is 0 Å². The Hall–Kier alpha value is -2.22. The maximum absolute atomic E-state index is 14.1. The van der Waals surface area contributed by atoms with E-state index in [0.29, 0.717) is 0 Å². The van der Waals surface area contributed by atoms with Gasteiger partial charge in [-0.25, -0.2) is 4.39 Å². The molecule has 0 amide bonds. The van der Waals surface area contributed by atoms with Gasteiger partial charge in [0, 0.05) is 0 Å². The van der Waals surface area contributed by atoms with Crippen LogP contribution in [0.2, 0.25) is 0 Å². The molecule has 148 valence electrons. The minimum Gasteiger partial charge on any atom is -0.403 e. The Bertz CT molecular complexity index is 741. The van der Waals surface area contributed by atoms with E-state index in [1.165, 1.54) is 12.1 Å². The van der Waals surface area contributed by atoms with Crippen LogP contribution in [0.4, 0.5) is 26.3 Å². The van der Waals surface area contributed by atoms with Crippen molar-refractivity contribution in [1.29, 1.82) is 0 Å². The highest BCUT2D eigenvalue weighted by Gasteiger charge is 2.33. The minimum atomic E-state index is -5.01. The van der Waals surface area contributed by atoms with E-state index in [2.05, 4.69) is 9.47 Å². The van der Waals surface area contributed by atoms with E-state index in [9.17, 15) is 26.3 Å². The topological polar surface area (TPSA) is 18.5 Å². The van der Waals surface area contributed by atoms with Crippen molar-refractivity contribution in [3.63, 3.8) is 0 Å². The molecule has 0 heterocycles. The van der Waals surface area contributed by atoms with Crippen LogP contribution in [0.15, 0.2) is 42.5 Å². The van der Waals surface area contributed by atoms with E-state index in [0.717, 1.165) is 36.6 Å². The van der Waals surface area contributed by atoms with Crippen LogP contribution in [0.5, 0.6) is 5.75 Å². The molecule has 0 fully saturated rings. The summed E-state index contributed by atoms with van der Waals surface area (Å²) in [4.78, 5) is 0. The van der Waals surface area contributed by atoms with Crippen molar-refractivity contribution in [2.45, 2.75) is 38.7 Å². The third-order valence-corrected chi connectivity index (χ3v) is 3.72. The molecule has 0 radical (unpaired) electrons. The van der Waals surface area contributed by atoms with Crippen LogP contribution in [-0.2, 0) is 23.7 Å². The quantitative estimate of drug-likeness (QED) is 0.514. The zero-order valence-corrected chi connectivity index (χ0v) is 14.5. The number of hydrogen-bond donors (Lipinski definition) is 0. The van der Waals surface area contributed by atoms with Gasteiger partial charge in [-0.3, -0.25) is 0 Å². The number of alkyl halides is 5. The molecule has 0 N–H and O–H groups in total. The molecule has 8 heteroatoms. The third-order valence-electron chi connectivity index (χ3n) is 3.72. The van der Waals surface area contributed by atoms with Gasteiger partial charge in [0.2, 0.25) is 0 Å². The molecule has 2 rings (SSSR count).